The summed E-state index contributed by atoms with van der Waals surface area (Å²) in [4.78, 5) is 15.9. The van der Waals surface area contributed by atoms with Crippen LogP contribution in [0.25, 0.3) is 0 Å². The molecule has 5 heteroatoms. The van der Waals surface area contributed by atoms with Crippen LogP contribution in [0.2, 0.25) is 0 Å². The molecule has 0 aliphatic carbocycles. The zero-order valence-electron chi connectivity index (χ0n) is 9.41. The lowest BCUT2D eigenvalue weighted by Gasteiger charge is -2.15. The predicted octanol–water partition coefficient (Wildman–Crippen LogP) is 2.20. The maximum Gasteiger partial charge on any atom is 0.284 e. The summed E-state index contributed by atoms with van der Waals surface area (Å²) in [6, 6.07) is 5.61. The molecular weight excluding hydrogens is 274 g/mol. The summed E-state index contributed by atoms with van der Waals surface area (Å²) >= 11 is 3.36. The number of hydroxylamine groups is 1. The Balaban J connectivity index is 2.69. The lowest BCUT2D eigenvalue weighted by atomic mass is 10.2. The van der Waals surface area contributed by atoms with Crippen molar-refractivity contribution in [2.75, 3.05) is 7.11 Å². The fraction of sp³-hybridized carbons (Fsp3) is 0.364. The molecule has 0 aliphatic rings. The van der Waals surface area contributed by atoms with Crippen LogP contribution in [-0.4, -0.2) is 19.1 Å². The first kappa shape index (κ1) is 13.0. The van der Waals surface area contributed by atoms with Gasteiger partial charge in [-0.2, -0.15) is 0 Å². The Morgan fingerprint density at radius 1 is 1.50 bits per heavy atom. The number of carbonyl (C=O) groups excluding carboxylic acids is 1. The summed E-state index contributed by atoms with van der Waals surface area (Å²) < 4.78 is 6.48. The second-order valence-electron chi connectivity index (χ2n) is 3.34. The van der Waals surface area contributed by atoms with Crippen molar-refractivity contribution in [1.29, 1.82) is 0 Å². The van der Waals surface area contributed by atoms with E-state index in [0.29, 0.717) is 5.75 Å². The van der Waals surface area contributed by atoms with Gasteiger partial charge in [0.2, 0.25) is 0 Å². The summed E-state index contributed by atoms with van der Waals surface area (Å²) in [5.41, 5.74) is 3.19. The van der Waals surface area contributed by atoms with Gasteiger partial charge in [-0.1, -0.05) is 15.9 Å². The van der Waals surface area contributed by atoms with Crippen molar-refractivity contribution in [3.05, 3.63) is 28.2 Å². The molecule has 0 bridgehead atoms. The van der Waals surface area contributed by atoms with Crippen LogP contribution in [0.1, 0.15) is 12.5 Å². The van der Waals surface area contributed by atoms with E-state index in [9.17, 15) is 4.79 Å². The number of carbonyl (C=O) groups is 1. The monoisotopic (exact) mass is 287 g/mol. The highest BCUT2D eigenvalue weighted by Gasteiger charge is 2.15. The van der Waals surface area contributed by atoms with E-state index in [4.69, 9.17) is 4.74 Å². The van der Waals surface area contributed by atoms with Gasteiger partial charge in [0.1, 0.15) is 5.75 Å². The van der Waals surface area contributed by atoms with Crippen LogP contribution in [-0.2, 0) is 9.63 Å². The van der Waals surface area contributed by atoms with Gasteiger partial charge in [-0.15, -0.1) is 0 Å². The van der Waals surface area contributed by atoms with Gasteiger partial charge in [-0.3, -0.25) is 9.63 Å². The minimum absolute atomic E-state index is 0.315. The molecule has 0 fully saturated rings. The third-order valence-electron chi connectivity index (χ3n) is 2.01. The van der Waals surface area contributed by atoms with Crippen LogP contribution in [0.4, 0.5) is 0 Å². The van der Waals surface area contributed by atoms with Crippen molar-refractivity contribution in [2.24, 2.45) is 0 Å². The molecule has 1 rings (SSSR count). The van der Waals surface area contributed by atoms with E-state index in [2.05, 4.69) is 26.2 Å². The standard InChI is InChI=1S/C11H14BrNO3/c1-7-6-9(12)4-5-10(7)16-8(2)11(14)13-15-3/h4-6,8H,1-3H3,(H,13,14). The first-order valence-corrected chi connectivity index (χ1v) is 5.59. The highest BCUT2D eigenvalue weighted by molar-refractivity contribution is 9.10. The Kier molecular flexibility index (Phi) is 4.76. The lowest BCUT2D eigenvalue weighted by molar-refractivity contribution is -0.137. The molecule has 16 heavy (non-hydrogen) atoms. The molecule has 1 aromatic carbocycles. The van der Waals surface area contributed by atoms with Gasteiger partial charge in [-0.25, -0.2) is 5.48 Å². The van der Waals surface area contributed by atoms with E-state index < -0.39 is 6.10 Å². The van der Waals surface area contributed by atoms with E-state index in [1.165, 1.54) is 7.11 Å². The van der Waals surface area contributed by atoms with Crippen LogP contribution >= 0.6 is 15.9 Å². The largest absolute Gasteiger partial charge is 0.481 e. The molecule has 0 aromatic heterocycles. The van der Waals surface area contributed by atoms with Crippen molar-refractivity contribution >= 4 is 21.8 Å². The highest BCUT2D eigenvalue weighted by Crippen LogP contribution is 2.23. The summed E-state index contributed by atoms with van der Waals surface area (Å²) in [7, 11) is 1.38. The van der Waals surface area contributed by atoms with Gasteiger partial charge in [0, 0.05) is 4.47 Å². The van der Waals surface area contributed by atoms with Gasteiger partial charge in [0.15, 0.2) is 6.10 Å². The summed E-state index contributed by atoms with van der Waals surface area (Å²) in [5.74, 6) is 0.367. The number of ether oxygens (including phenoxy) is 1. The molecule has 0 spiro atoms. The van der Waals surface area contributed by atoms with E-state index in [0.717, 1.165) is 10.0 Å². The molecule has 1 amide bonds. The third kappa shape index (κ3) is 3.50. The topological polar surface area (TPSA) is 47.6 Å². The normalized spacial score (nSPS) is 12.0. The second kappa shape index (κ2) is 5.86. The van der Waals surface area contributed by atoms with Crippen molar-refractivity contribution in [3.8, 4) is 5.75 Å². The average molecular weight is 288 g/mol. The summed E-state index contributed by atoms with van der Waals surface area (Å²) in [6.45, 7) is 3.58. The number of rotatable bonds is 4. The van der Waals surface area contributed by atoms with E-state index in [1.807, 2.05) is 25.1 Å². The van der Waals surface area contributed by atoms with Crippen molar-refractivity contribution in [2.45, 2.75) is 20.0 Å². The lowest BCUT2D eigenvalue weighted by Crippen LogP contribution is -2.35. The number of aryl methyl sites for hydroxylation is 1. The maximum absolute atomic E-state index is 11.4. The molecule has 0 saturated heterocycles. The Bertz CT molecular complexity index is 381. The molecule has 1 unspecified atom stereocenters. The molecule has 88 valence electrons. The molecule has 0 aliphatic heterocycles. The number of amides is 1. The fourth-order valence-corrected chi connectivity index (χ4v) is 1.65. The molecule has 0 radical (unpaired) electrons. The Morgan fingerprint density at radius 3 is 2.75 bits per heavy atom. The SMILES string of the molecule is CONC(=O)C(C)Oc1ccc(Br)cc1C. The Hall–Kier alpha value is -1.07. The first-order chi connectivity index (χ1) is 7.54. The van der Waals surface area contributed by atoms with E-state index in [-0.39, 0.29) is 5.91 Å². The van der Waals surface area contributed by atoms with E-state index in [1.54, 1.807) is 6.92 Å². The molecule has 0 saturated carbocycles. The number of hydrogen-bond donors (Lipinski definition) is 1. The number of halogens is 1. The van der Waals surface area contributed by atoms with Crippen LogP contribution in [0.15, 0.2) is 22.7 Å². The molecule has 1 atom stereocenters. The molecule has 4 nitrogen and oxygen atoms in total. The maximum atomic E-state index is 11.4. The minimum atomic E-state index is -0.597. The quantitative estimate of drug-likeness (QED) is 0.864. The van der Waals surface area contributed by atoms with Crippen molar-refractivity contribution in [3.63, 3.8) is 0 Å². The molecule has 0 heterocycles. The van der Waals surface area contributed by atoms with Crippen molar-refractivity contribution < 1.29 is 14.4 Å². The smallest absolute Gasteiger partial charge is 0.284 e. The zero-order chi connectivity index (χ0) is 12.1. The van der Waals surface area contributed by atoms with Gasteiger partial charge >= 0.3 is 0 Å². The fourth-order valence-electron chi connectivity index (χ4n) is 1.17. The van der Waals surface area contributed by atoms with Crippen LogP contribution in [0.5, 0.6) is 5.75 Å². The molecule has 1 aromatic rings. The van der Waals surface area contributed by atoms with Crippen molar-refractivity contribution in [1.82, 2.24) is 5.48 Å². The Morgan fingerprint density at radius 2 is 2.19 bits per heavy atom. The highest BCUT2D eigenvalue weighted by atomic mass is 79.9. The molecular formula is C11H14BrNO3. The van der Waals surface area contributed by atoms with Crippen LogP contribution < -0.4 is 10.2 Å². The number of benzene rings is 1. The third-order valence-corrected chi connectivity index (χ3v) is 2.51. The van der Waals surface area contributed by atoms with Gasteiger partial charge in [0.05, 0.1) is 7.11 Å². The van der Waals surface area contributed by atoms with Gasteiger partial charge in [0.25, 0.3) is 5.91 Å². The van der Waals surface area contributed by atoms with Crippen LogP contribution in [0, 0.1) is 6.92 Å². The predicted molar refractivity (Wildman–Crippen MR) is 64.1 cm³/mol. The average Bonchev–Trinajstić information content (AvgIpc) is 2.22. The zero-order valence-corrected chi connectivity index (χ0v) is 11.0. The number of nitrogens with one attached hydrogen (secondary N) is 1. The van der Waals surface area contributed by atoms with Gasteiger partial charge in [-0.05, 0) is 37.6 Å². The summed E-state index contributed by atoms with van der Waals surface area (Å²) in [5, 5.41) is 0. The first-order valence-electron chi connectivity index (χ1n) is 4.80. The molecule has 1 N–H and O–H groups in total. The van der Waals surface area contributed by atoms with Gasteiger partial charge < -0.3 is 4.74 Å². The van der Waals surface area contributed by atoms with E-state index >= 15 is 0 Å². The van der Waals surface area contributed by atoms with Crippen LogP contribution in [0.3, 0.4) is 0 Å². The number of hydrogen-bond acceptors (Lipinski definition) is 3. The Labute approximate surface area is 103 Å². The minimum Gasteiger partial charge on any atom is -0.481 e. The second-order valence-corrected chi connectivity index (χ2v) is 4.26. The summed E-state index contributed by atoms with van der Waals surface area (Å²) in [6.07, 6.45) is -0.597.